The van der Waals surface area contributed by atoms with Gasteiger partial charge in [0.2, 0.25) is 17.2 Å². The van der Waals surface area contributed by atoms with Crippen molar-refractivity contribution in [1.29, 1.82) is 0 Å². The highest BCUT2D eigenvalue weighted by Crippen LogP contribution is 2.50. The molecule has 42 heavy (non-hydrogen) atoms. The first-order valence-corrected chi connectivity index (χ1v) is 12.5. The van der Waals surface area contributed by atoms with E-state index in [1.54, 1.807) is 18.2 Å². The third kappa shape index (κ3) is 4.83. The second-order valence-corrected chi connectivity index (χ2v) is 9.55. The lowest BCUT2D eigenvalue weighted by atomic mass is 9.69. The number of carbonyl (C=O) groups is 3. The van der Waals surface area contributed by atoms with Gasteiger partial charge in [-0.15, -0.1) is 12.4 Å². The Bertz CT molecular complexity index is 1670. The Labute approximate surface area is 245 Å². The van der Waals surface area contributed by atoms with Crippen molar-refractivity contribution in [2.24, 2.45) is 0 Å². The molecule has 0 radical (unpaired) electrons. The summed E-state index contributed by atoms with van der Waals surface area (Å²) in [5, 5.41) is 36.0. The Kier molecular flexibility index (Phi) is 8.53. The summed E-state index contributed by atoms with van der Waals surface area (Å²) in [5.41, 5.74) is -2.33. The molecule has 216 valence electrons. The number of halogens is 1. The zero-order chi connectivity index (χ0) is 29.4. The van der Waals surface area contributed by atoms with E-state index < -0.39 is 52.7 Å². The minimum Gasteiger partial charge on any atom is -0.383 e. The number of hydrogen-bond acceptors (Lipinski definition) is 10. The molecule has 0 spiro atoms. The van der Waals surface area contributed by atoms with Crippen molar-refractivity contribution >= 4 is 35.6 Å². The van der Waals surface area contributed by atoms with Crippen LogP contribution in [0.5, 0.6) is 0 Å². The number of ether oxygens (including phenoxy) is 1. The Morgan fingerprint density at radius 2 is 1.24 bits per heavy atom. The number of carbonyl (C=O) groups excluding carboxylic acids is 3. The fourth-order valence-electron chi connectivity index (χ4n) is 5.03. The van der Waals surface area contributed by atoms with Gasteiger partial charge in [0.05, 0.1) is 0 Å². The van der Waals surface area contributed by atoms with E-state index in [1.807, 2.05) is 0 Å². The number of aliphatic hydroxyl groups is 3. The molecule has 1 aliphatic rings. The van der Waals surface area contributed by atoms with Crippen LogP contribution < -0.4 is 11.4 Å². The molecule has 5 rings (SSSR count). The summed E-state index contributed by atoms with van der Waals surface area (Å²) >= 11 is 0. The van der Waals surface area contributed by atoms with Gasteiger partial charge in [0, 0.05) is 22.9 Å². The molecule has 1 aliphatic heterocycles. The van der Waals surface area contributed by atoms with Crippen molar-refractivity contribution in [3.63, 3.8) is 0 Å². The average molecular weight is 592 g/mol. The van der Waals surface area contributed by atoms with Crippen LogP contribution in [0, 0.1) is 0 Å². The fourth-order valence-corrected chi connectivity index (χ4v) is 5.03. The van der Waals surface area contributed by atoms with Crippen LogP contribution in [0.3, 0.4) is 0 Å². The van der Waals surface area contributed by atoms with E-state index in [4.69, 9.17) is 10.5 Å². The van der Waals surface area contributed by atoms with Crippen molar-refractivity contribution in [2.45, 2.75) is 29.6 Å². The van der Waals surface area contributed by atoms with Gasteiger partial charge in [0.15, 0.2) is 17.6 Å². The van der Waals surface area contributed by atoms with Crippen molar-refractivity contribution in [2.75, 3.05) is 5.73 Å². The first kappa shape index (κ1) is 30.4. The van der Waals surface area contributed by atoms with E-state index in [0.29, 0.717) is 4.57 Å². The second kappa shape index (κ2) is 11.8. The molecule has 3 aromatic carbocycles. The van der Waals surface area contributed by atoms with Gasteiger partial charge in [-0.2, -0.15) is 4.98 Å². The number of aliphatic hydroxyl groups excluding tert-OH is 1. The molecule has 0 aliphatic carbocycles. The molecular weight excluding hydrogens is 566 g/mol. The molecule has 1 aromatic heterocycles. The Hall–Kier alpha value is -4.52. The molecule has 0 bridgehead atoms. The highest BCUT2D eigenvalue weighted by atomic mass is 35.5. The number of nitrogens with two attached hydrogens (primary N) is 1. The molecule has 1 fully saturated rings. The highest BCUT2D eigenvalue weighted by Gasteiger charge is 2.75. The predicted molar refractivity (Wildman–Crippen MR) is 152 cm³/mol. The molecule has 0 saturated carbocycles. The first-order chi connectivity index (χ1) is 19.6. The molecule has 1 saturated heterocycles. The van der Waals surface area contributed by atoms with Crippen LogP contribution in [-0.2, 0) is 4.74 Å². The molecule has 11 nitrogen and oxygen atoms in total. The number of nitrogen functional groups attached to an aromatic ring is 1. The lowest BCUT2D eigenvalue weighted by molar-refractivity contribution is -0.108. The molecule has 12 heteroatoms. The van der Waals surface area contributed by atoms with Gasteiger partial charge in [0.1, 0.15) is 18.0 Å². The number of nitrogens with zero attached hydrogens (tertiary/aromatic N) is 2. The van der Waals surface area contributed by atoms with Gasteiger partial charge in [-0.25, -0.2) is 4.79 Å². The lowest BCUT2D eigenvalue weighted by Gasteiger charge is -2.39. The van der Waals surface area contributed by atoms with Gasteiger partial charge in [0.25, 0.3) is 0 Å². The van der Waals surface area contributed by atoms with Crippen LogP contribution in [-0.4, -0.2) is 65.6 Å². The number of Topliss-reactive ketones (excluding diaryl/α,β-unsaturated/α-hetero) is 3. The Morgan fingerprint density at radius 3 is 1.71 bits per heavy atom. The summed E-state index contributed by atoms with van der Waals surface area (Å²) in [6.45, 7) is 0. The number of ketones is 3. The van der Waals surface area contributed by atoms with Crippen LogP contribution in [0.15, 0.2) is 108 Å². The summed E-state index contributed by atoms with van der Waals surface area (Å²) in [4.78, 5) is 58.1. The first-order valence-electron chi connectivity index (χ1n) is 12.5. The zero-order valence-electron chi connectivity index (χ0n) is 21.8. The van der Waals surface area contributed by atoms with E-state index in [1.165, 1.54) is 78.9 Å². The van der Waals surface area contributed by atoms with E-state index in [-0.39, 0.29) is 34.9 Å². The minimum absolute atomic E-state index is 0. The van der Waals surface area contributed by atoms with Gasteiger partial charge >= 0.3 is 5.69 Å². The quantitative estimate of drug-likeness (QED) is 0.220. The van der Waals surface area contributed by atoms with Crippen LogP contribution in [0.4, 0.5) is 5.82 Å². The van der Waals surface area contributed by atoms with Crippen LogP contribution in [0.1, 0.15) is 37.3 Å². The maximum Gasteiger partial charge on any atom is 0.351 e. The standard InChI is InChI=1S/C30H25N3O8.ClH/c31-21-16-17-33(28(38)32-21)27-30(40,25(37)20-14-8-3-9-15-20)29(39,24(36)19-12-6-2-7-13-19)26(41-27)23(35)22(34)18-10-4-1-5-11-18;/h1-17,23,26-27,35,39-40H,(H2,31,32,38);1H/t23?,26-,27-,29-,30+;/m1./s1. The summed E-state index contributed by atoms with van der Waals surface area (Å²) in [6.07, 6.45) is -5.57. The smallest absolute Gasteiger partial charge is 0.351 e. The SMILES string of the molecule is Cl.Nc1ccn([C@@H]2O[C@H](C(O)C(=O)c3ccccc3)[C@](O)(C(=O)c3ccccc3)[C@]2(O)C(=O)c2ccccc2)c(=O)n1. The normalized spacial score (nSPS) is 23.9. The number of aromatic nitrogens is 2. The topological polar surface area (TPSA) is 182 Å². The number of hydrogen-bond donors (Lipinski definition) is 4. The fraction of sp³-hybridized carbons (Fsp3) is 0.167. The minimum atomic E-state index is -3.30. The number of rotatable bonds is 8. The second-order valence-electron chi connectivity index (χ2n) is 9.55. The van der Waals surface area contributed by atoms with Crippen LogP contribution >= 0.6 is 12.4 Å². The van der Waals surface area contributed by atoms with Gasteiger partial charge in [-0.3, -0.25) is 19.0 Å². The monoisotopic (exact) mass is 591 g/mol. The highest BCUT2D eigenvalue weighted by molar-refractivity contribution is 6.14. The summed E-state index contributed by atoms with van der Waals surface area (Å²) in [5.74, 6) is -3.59. The van der Waals surface area contributed by atoms with Gasteiger partial charge in [-0.1, -0.05) is 91.0 Å². The molecule has 4 aromatic rings. The molecule has 5 atom stereocenters. The van der Waals surface area contributed by atoms with Crippen molar-refractivity contribution in [1.82, 2.24) is 9.55 Å². The van der Waals surface area contributed by atoms with E-state index in [0.717, 1.165) is 6.20 Å². The molecular formula is C30H26ClN3O8. The van der Waals surface area contributed by atoms with E-state index in [9.17, 15) is 34.5 Å². The maximum absolute atomic E-state index is 14.1. The van der Waals surface area contributed by atoms with E-state index in [2.05, 4.69) is 4.98 Å². The number of benzene rings is 3. The molecule has 0 amide bonds. The van der Waals surface area contributed by atoms with Gasteiger partial charge < -0.3 is 25.8 Å². The Balaban J connectivity index is 0.00000405. The number of anilines is 1. The molecule has 5 N–H and O–H groups in total. The third-order valence-corrected chi connectivity index (χ3v) is 7.11. The summed E-state index contributed by atoms with van der Waals surface area (Å²) < 4.78 is 6.53. The Morgan fingerprint density at radius 1 is 0.786 bits per heavy atom. The third-order valence-electron chi connectivity index (χ3n) is 7.11. The van der Waals surface area contributed by atoms with Crippen molar-refractivity contribution in [3.8, 4) is 0 Å². The van der Waals surface area contributed by atoms with Crippen molar-refractivity contribution in [3.05, 3.63) is 130 Å². The largest absolute Gasteiger partial charge is 0.383 e. The molecule has 1 unspecified atom stereocenters. The molecule has 2 heterocycles. The predicted octanol–water partition coefficient (Wildman–Crippen LogP) is 1.62. The lowest BCUT2D eigenvalue weighted by Crippen LogP contribution is -2.69. The van der Waals surface area contributed by atoms with E-state index >= 15 is 0 Å². The average Bonchev–Trinajstić information content (AvgIpc) is 3.25. The van der Waals surface area contributed by atoms with Crippen LogP contribution in [0.2, 0.25) is 0 Å². The van der Waals surface area contributed by atoms with Gasteiger partial charge in [-0.05, 0) is 6.07 Å². The zero-order valence-corrected chi connectivity index (χ0v) is 22.6. The maximum atomic E-state index is 14.1. The van der Waals surface area contributed by atoms with Crippen molar-refractivity contribution < 1.29 is 34.4 Å². The summed E-state index contributed by atoms with van der Waals surface area (Å²) in [6, 6.07) is 23.1. The van der Waals surface area contributed by atoms with Crippen LogP contribution in [0.25, 0.3) is 0 Å². The summed E-state index contributed by atoms with van der Waals surface area (Å²) in [7, 11) is 0.